The van der Waals surface area contributed by atoms with Crippen molar-refractivity contribution in [2.24, 2.45) is 0 Å². The van der Waals surface area contributed by atoms with E-state index in [0.717, 1.165) is 0 Å². The Morgan fingerprint density at radius 3 is 2.00 bits per heavy atom. The molecule has 0 aliphatic carbocycles. The van der Waals surface area contributed by atoms with Crippen molar-refractivity contribution in [3.63, 3.8) is 0 Å². The van der Waals surface area contributed by atoms with Gasteiger partial charge >= 0.3 is 0 Å². The van der Waals surface area contributed by atoms with Crippen LogP contribution >= 0.6 is 0 Å². The number of hydrogen-bond acceptors (Lipinski definition) is 2. The van der Waals surface area contributed by atoms with Gasteiger partial charge < -0.3 is 70.1 Å². The van der Waals surface area contributed by atoms with E-state index in [4.69, 9.17) is 0 Å². The molecular weight excluding hydrogens is 232 g/mol. The van der Waals surface area contributed by atoms with Crippen LogP contribution in [0.3, 0.4) is 0 Å². The van der Waals surface area contributed by atoms with Gasteiger partial charge in [-0.1, -0.05) is 0 Å². The second kappa shape index (κ2) is 8.04. The van der Waals surface area contributed by atoms with E-state index in [9.17, 15) is 9.90 Å². The Morgan fingerprint density at radius 2 is 1.67 bits per heavy atom. The number of hydrogen-bond donors (Lipinski definition) is 0. The largest absolute Gasteiger partial charge is 0.999 e. The third kappa shape index (κ3) is 6.72. The van der Waals surface area contributed by atoms with Gasteiger partial charge in [-0.15, -0.1) is 0 Å². The maximum absolute atomic E-state index is 9.89. The van der Waals surface area contributed by atoms with Crippen molar-refractivity contribution in [1.82, 2.24) is 0 Å². The summed E-state index contributed by atoms with van der Waals surface area (Å²) in [7, 11) is 0. The standard InChI is InChI=1S/C7H3O2.C5H.Fe/c8-7(9)5-6-3-1-2-4-6;1-2-4-5-3-1;/h5H2,(H,8,9);1H;/q2*-5;/p-1. The van der Waals surface area contributed by atoms with Crippen LogP contribution in [0.25, 0.3) is 0 Å². The second-order valence-corrected chi connectivity index (χ2v) is 2.21. The Morgan fingerprint density at radius 1 is 1.13 bits per heavy atom. The first-order valence-corrected chi connectivity index (χ1v) is 3.69. The van der Waals surface area contributed by atoms with Crippen molar-refractivity contribution in [1.29, 1.82) is 0 Å². The quantitative estimate of drug-likeness (QED) is 0.520. The molecule has 0 N–H and O–H groups in total. The van der Waals surface area contributed by atoms with Gasteiger partial charge in [0.2, 0.25) is 0 Å². The van der Waals surface area contributed by atoms with Crippen LogP contribution in [0.15, 0.2) is 6.07 Å². The van der Waals surface area contributed by atoms with Gasteiger partial charge in [0.1, 0.15) is 0 Å². The van der Waals surface area contributed by atoms with Gasteiger partial charge in [0, 0.05) is 23.0 Å². The topological polar surface area (TPSA) is 40.1 Å². The first-order valence-electron chi connectivity index (χ1n) is 3.69. The van der Waals surface area contributed by atoms with Crippen LogP contribution in [0.5, 0.6) is 0 Å². The Labute approximate surface area is 99.8 Å². The maximum atomic E-state index is 9.89. The molecule has 2 aromatic carbocycles. The molecule has 0 saturated carbocycles. The molecule has 0 bridgehead atoms. The molecule has 0 spiro atoms. The minimum absolute atomic E-state index is 0. The second-order valence-electron chi connectivity index (χ2n) is 2.21. The molecule has 0 radical (unpaired) electrons. The summed E-state index contributed by atoms with van der Waals surface area (Å²) in [5.74, 6) is -1.13. The predicted octanol–water partition coefficient (Wildman–Crippen LogP) is -0.498. The number of carbonyl (C=O) groups excluding carboxylic acids is 1. The molecule has 15 heavy (non-hydrogen) atoms. The summed E-state index contributed by atoms with van der Waals surface area (Å²) in [6, 6.07) is 21.9. The zero-order valence-electron chi connectivity index (χ0n) is 7.45. The zero-order valence-corrected chi connectivity index (χ0v) is 8.56. The molecule has 82 valence electrons. The summed E-state index contributed by atoms with van der Waals surface area (Å²) >= 11 is 0. The van der Waals surface area contributed by atoms with Crippen molar-refractivity contribution in [2.45, 2.75) is 6.42 Å². The van der Waals surface area contributed by atoms with Gasteiger partial charge in [-0.25, -0.2) is 0 Å². The first-order chi connectivity index (χ1) is 6.79. The van der Waals surface area contributed by atoms with E-state index in [1.807, 2.05) is 0 Å². The van der Waals surface area contributed by atoms with Crippen molar-refractivity contribution in [2.75, 3.05) is 0 Å². The van der Waals surface area contributed by atoms with Crippen molar-refractivity contribution < 1.29 is 27.0 Å². The van der Waals surface area contributed by atoms with Gasteiger partial charge in [-0.2, -0.15) is 6.42 Å². The summed E-state index contributed by atoms with van der Waals surface area (Å²) in [6.07, 6.45) is -0.153. The van der Waals surface area contributed by atoms with E-state index in [1.165, 1.54) is 0 Å². The molecule has 0 heterocycles. The van der Waals surface area contributed by atoms with Gasteiger partial charge in [0.05, 0.1) is 0 Å². The number of carboxylic acid groups (broad SMARTS) is 1. The van der Waals surface area contributed by atoms with E-state index < -0.39 is 5.97 Å². The number of carbonyl (C=O) groups is 1. The van der Waals surface area contributed by atoms with Crippen LogP contribution in [0.4, 0.5) is 0 Å². The molecule has 0 fully saturated rings. The van der Waals surface area contributed by atoms with Crippen LogP contribution in [0.2, 0.25) is 0 Å². The molecule has 0 amide bonds. The smallest absolute Gasteiger partial charge is 0.0102 e. The van der Waals surface area contributed by atoms with Crippen LogP contribution < -0.4 is 5.11 Å². The minimum Gasteiger partial charge on any atom is -0.999 e. The van der Waals surface area contributed by atoms with E-state index in [-0.39, 0.29) is 23.5 Å². The Hall–Kier alpha value is -1.31. The van der Waals surface area contributed by atoms with E-state index in [2.05, 4.69) is 48.5 Å². The monoisotopic (exact) mass is 235 g/mol. The fourth-order valence-corrected chi connectivity index (χ4v) is 0.658. The van der Waals surface area contributed by atoms with E-state index in [1.54, 1.807) is 6.07 Å². The van der Waals surface area contributed by atoms with Crippen molar-refractivity contribution in [3.05, 3.63) is 60.2 Å². The third-order valence-electron chi connectivity index (χ3n) is 1.16. The molecule has 2 nitrogen and oxygen atoms in total. The van der Waals surface area contributed by atoms with Crippen LogP contribution in [-0.2, 0) is 28.3 Å². The average Bonchev–Trinajstić information content (AvgIpc) is 2.75. The van der Waals surface area contributed by atoms with Crippen LogP contribution in [0.1, 0.15) is 5.56 Å². The first kappa shape index (κ1) is 13.7. The van der Waals surface area contributed by atoms with Crippen molar-refractivity contribution in [3.8, 4) is 0 Å². The minimum atomic E-state index is -1.13. The molecular formula is C12H3FeO2-11. The molecule has 0 atom stereocenters. The molecule has 0 aliphatic heterocycles. The van der Waals surface area contributed by atoms with Gasteiger partial charge in [0.25, 0.3) is 0 Å². The van der Waals surface area contributed by atoms with Gasteiger partial charge in [0.15, 0.2) is 0 Å². The normalized spacial score (nSPS) is 8.27. The number of carboxylic acids is 1. The average molecular weight is 235 g/mol. The van der Waals surface area contributed by atoms with Crippen molar-refractivity contribution >= 4 is 5.97 Å². The maximum Gasteiger partial charge on any atom is 0.0102 e. The Balaban J connectivity index is 0.000000280. The van der Waals surface area contributed by atoms with Gasteiger partial charge in [-0.05, 0) is 0 Å². The SMILES string of the molecule is O=C([O-])C[c-]1[c-][c-][c-][c-]1.[Fe].[c-]1[c-][c-][cH-][c-]1. The van der Waals surface area contributed by atoms with E-state index in [0.29, 0.717) is 5.56 Å². The van der Waals surface area contributed by atoms with Crippen LogP contribution in [0, 0.1) is 48.5 Å². The van der Waals surface area contributed by atoms with Gasteiger partial charge in [-0.3, -0.25) is 0 Å². The molecule has 2 rings (SSSR count). The summed E-state index contributed by atoms with van der Waals surface area (Å²) in [5, 5.41) is 9.89. The molecule has 3 heteroatoms. The zero-order chi connectivity index (χ0) is 10.2. The summed E-state index contributed by atoms with van der Waals surface area (Å²) in [4.78, 5) is 9.89. The fourth-order valence-electron chi connectivity index (χ4n) is 0.658. The molecule has 0 unspecified atom stereocenters. The Kier molecular flexibility index (Phi) is 7.33. The van der Waals surface area contributed by atoms with Crippen LogP contribution in [-0.4, -0.2) is 5.97 Å². The fraction of sp³-hybridized carbons (Fsp3) is 0.0833. The molecule has 0 aliphatic rings. The third-order valence-corrected chi connectivity index (χ3v) is 1.16. The summed E-state index contributed by atoms with van der Waals surface area (Å²) in [5.41, 5.74) is 0.440. The molecule has 0 aromatic heterocycles. The Bertz CT molecular complexity index is 318. The number of rotatable bonds is 2. The summed E-state index contributed by atoms with van der Waals surface area (Å²) in [6.45, 7) is 0. The molecule has 0 saturated heterocycles. The molecule has 2 aromatic rings. The predicted molar refractivity (Wildman–Crippen MR) is 43.5 cm³/mol. The summed E-state index contributed by atoms with van der Waals surface area (Å²) < 4.78 is 0. The van der Waals surface area contributed by atoms with E-state index >= 15 is 0 Å². The number of aliphatic carboxylic acids is 1.